The second-order valence-corrected chi connectivity index (χ2v) is 9.21. The van der Waals surface area contributed by atoms with Gasteiger partial charge in [0.15, 0.2) is 0 Å². The van der Waals surface area contributed by atoms with Crippen molar-refractivity contribution in [3.8, 4) is 11.5 Å². The third kappa shape index (κ3) is 5.88. The van der Waals surface area contributed by atoms with Crippen LogP contribution in [0.3, 0.4) is 0 Å². The molecule has 0 spiro atoms. The first kappa shape index (κ1) is 25.3. The van der Waals surface area contributed by atoms with Gasteiger partial charge in [0.1, 0.15) is 11.5 Å². The molecule has 36 heavy (non-hydrogen) atoms. The summed E-state index contributed by atoms with van der Waals surface area (Å²) >= 11 is 0. The number of carbonyl (C=O) groups is 2. The first-order valence-electron chi connectivity index (χ1n) is 12.4. The Balaban J connectivity index is 1.40. The maximum atomic E-state index is 13.6. The molecule has 0 radical (unpaired) electrons. The fourth-order valence-electron chi connectivity index (χ4n) is 4.89. The summed E-state index contributed by atoms with van der Waals surface area (Å²) in [7, 11) is 3.27. The Morgan fingerprint density at radius 2 is 1.53 bits per heavy atom. The average Bonchev–Trinajstić information content (AvgIpc) is 2.94. The summed E-state index contributed by atoms with van der Waals surface area (Å²) < 4.78 is 10.5. The molecule has 2 amide bonds. The Bertz CT molecular complexity index is 1150. The lowest BCUT2D eigenvalue weighted by atomic mass is 9.72. The number of ether oxygens (including phenoxy) is 2. The number of nitrogens with zero attached hydrogens (tertiary/aromatic N) is 1. The number of amides is 2. The lowest BCUT2D eigenvalue weighted by molar-refractivity contribution is -0.136. The maximum absolute atomic E-state index is 13.6. The topological polar surface area (TPSA) is 67.9 Å². The molecule has 188 valence electrons. The molecule has 0 aromatic heterocycles. The molecule has 0 bridgehead atoms. The Kier molecular flexibility index (Phi) is 8.26. The van der Waals surface area contributed by atoms with Crippen LogP contribution in [-0.2, 0) is 27.8 Å². The van der Waals surface area contributed by atoms with E-state index in [1.54, 1.807) is 14.2 Å². The van der Waals surface area contributed by atoms with Crippen molar-refractivity contribution in [3.05, 3.63) is 95.6 Å². The van der Waals surface area contributed by atoms with E-state index in [-0.39, 0.29) is 11.8 Å². The SMILES string of the molecule is COc1ccc(CCNC(=O)C2(c3ccccc3)CCN(C(=O)Cc3cccc(OC)c3)CC2)cc1. The summed E-state index contributed by atoms with van der Waals surface area (Å²) in [5.41, 5.74) is 2.43. The number of methoxy groups -OCH3 is 2. The molecule has 0 saturated carbocycles. The minimum atomic E-state index is -0.645. The molecule has 3 aromatic rings. The number of likely N-dealkylation sites (tertiary alicyclic amines) is 1. The standard InChI is InChI=1S/C30H34N2O4/c1-35-26-13-11-23(12-14-26)15-18-31-29(34)30(25-8-4-3-5-9-25)16-19-32(20-17-30)28(33)22-24-7-6-10-27(21-24)36-2/h3-14,21H,15-20,22H2,1-2H3,(H,31,34). The van der Waals surface area contributed by atoms with Crippen LogP contribution in [0.4, 0.5) is 0 Å². The summed E-state index contributed by atoms with van der Waals surface area (Å²) in [6, 6.07) is 25.5. The molecule has 3 aromatic carbocycles. The number of nitrogens with one attached hydrogen (secondary N) is 1. The van der Waals surface area contributed by atoms with Crippen molar-refractivity contribution in [3.63, 3.8) is 0 Å². The predicted octanol–water partition coefficient (Wildman–Crippen LogP) is 4.17. The first-order chi connectivity index (χ1) is 17.5. The molecule has 6 heteroatoms. The van der Waals surface area contributed by atoms with Crippen molar-refractivity contribution in [2.75, 3.05) is 33.9 Å². The third-order valence-corrected chi connectivity index (χ3v) is 7.08. The van der Waals surface area contributed by atoms with Crippen LogP contribution in [0, 0.1) is 0 Å². The van der Waals surface area contributed by atoms with Crippen molar-refractivity contribution < 1.29 is 19.1 Å². The molecule has 0 unspecified atom stereocenters. The number of hydrogen-bond donors (Lipinski definition) is 1. The smallest absolute Gasteiger partial charge is 0.230 e. The van der Waals surface area contributed by atoms with Crippen molar-refractivity contribution in [1.29, 1.82) is 0 Å². The van der Waals surface area contributed by atoms with Gasteiger partial charge in [0.2, 0.25) is 11.8 Å². The van der Waals surface area contributed by atoms with Gasteiger partial charge in [-0.3, -0.25) is 9.59 Å². The summed E-state index contributed by atoms with van der Waals surface area (Å²) in [6.07, 6.45) is 2.25. The maximum Gasteiger partial charge on any atom is 0.230 e. The Labute approximate surface area is 213 Å². The normalized spacial score (nSPS) is 14.7. The van der Waals surface area contributed by atoms with E-state index in [1.807, 2.05) is 83.8 Å². The lowest BCUT2D eigenvalue weighted by Gasteiger charge is -2.41. The summed E-state index contributed by atoms with van der Waals surface area (Å²) in [4.78, 5) is 28.5. The molecule has 1 aliphatic heterocycles. The van der Waals surface area contributed by atoms with Crippen LogP contribution >= 0.6 is 0 Å². The Morgan fingerprint density at radius 1 is 0.833 bits per heavy atom. The fourth-order valence-corrected chi connectivity index (χ4v) is 4.89. The van der Waals surface area contributed by atoms with Crippen LogP contribution in [0.2, 0.25) is 0 Å². The van der Waals surface area contributed by atoms with E-state index in [4.69, 9.17) is 9.47 Å². The second kappa shape index (κ2) is 11.8. The zero-order chi connectivity index (χ0) is 25.4. The number of carbonyl (C=O) groups excluding carboxylic acids is 2. The third-order valence-electron chi connectivity index (χ3n) is 7.08. The summed E-state index contributed by atoms with van der Waals surface area (Å²) in [5, 5.41) is 3.18. The lowest BCUT2D eigenvalue weighted by Crippen LogP contribution is -2.53. The van der Waals surface area contributed by atoms with Gasteiger partial charge in [-0.25, -0.2) is 0 Å². The van der Waals surface area contributed by atoms with Gasteiger partial charge in [0, 0.05) is 19.6 Å². The van der Waals surface area contributed by atoms with Crippen molar-refractivity contribution >= 4 is 11.8 Å². The molecule has 1 fully saturated rings. The summed E-state index contributed by atoms with van der Waals surface area (Å²) in [6.45, 7) is 1.64. The van der Waals surface area contributed by atoms with Crippen LogP contribution in [0.15, 0.2) is 78.9 Å². The van der Waals surface area contributed by atoms with E-state index >= 15 is 0 Å². The molecule has 0 atom stereocenters. The predicted molar refractivity (Wildman–Crippen MR) is 140 cm³/mol. The van der Waals surface area contributed by atoms with Gasteiger partial charge in [-0.1, -0.05) is 54.6 Å². The van der Waals surface area contributed by atoms with Crippen molar-refractivity contribution in [1.82, 2.24) is 10.2 Å². The minimum absolute atomic E-state index is 0.0297. The monoisotopic (exact) mass is 486 g/mol. The first-order valence-corrected chi connectivity index (χ1v) is 12.4. The zero-order valence-electron chi connectivity index (χ0n) is 21.0. The Morgan fingerprint density at radius 3 is 2.19 bits per heavy atom. The van der Waals surface area contributed by atoms with Gasteiger partial charge in [-0.2, -0.15) is 0 Å². The number of piperidine rings is 1. The van der Waals surface area contributed by atoms with Gasteiger partial charge >= 0.3 is 0 Å². The fraction of sp³-hybridized carbons (Fsp3) is 0.333. The van der Waals surface area contributed by atoms with Crippen LogP contribution in [0.1, 0.15) is 29.5 Å². The number of hydrogen-bond acceptors (Lipinski definition) is 4. The number of rotatable bonds is 9. The highest BCUT2D eigenvalue weighted by Crippen LogP contribution is 2.36. The highest BCUT2D eigenvalue weighted by Gasteiger charge is 2.43. The molecule has 0 aliphatic carbocycles. The average molecular weight is 487 g/mol. The van der Waals surface area contributed by atoms with Gasteiger partial charge in [0.05, 0.1) is 26.1 Å². The molecule has 6 nitrogen and oxygen atoms in total. The van der Waals surface area contributed by atoms with Gasteiger partial charge < -0.3 is 19.7 Å². The highest BCUT2D eigenvalue weighted by molar-refractivity contribution is 5.89. The summed E-state index contributed by atoms with van der Waals surface area (Å²) in [5.74, 6) is 1.67. The Hall–Kier alpha value is -3.80. The van der Waals surface area contributed by atoms with E-state index in [9.17, 15) is 9.59 Å². The van der Waals surface area contributed by atoms with Crippen LogP contribution in [0.25, 0.3) is 0 Å². The van der Waals surface area contributed by atoms with Gasteiger partial charge in [-0.05, 0) is 60.2 Å². The molecule has 1 saturated heterocycles. The molecule has 1 heterocycles. The van der Waals surface area contributed by atoms with Crippen molar-refractivity contribution in [2.45, 2.75) is 31.1 Å². The minimum Gasteiger partial charge on any atom is -0.497 e. The molecule has 4 rings (SSSR count). The van der Waals surface area contributed by atoms with E-state index in [1.165, 1.54) is 0 Å². The van der Waals surface area contributed by atoms with Gasteiger partial charge in [0.25, 0.3) is 0 Å². The van der Waals surface area contributed by atoms with E-state index in [0.29, 0.717) is 38.9 Å². The van der Waals surface area contributed by atoms with Gasteiger partial charge in [-0.15, -0.1) is 0 Å². The number of benzene rings is 3. The molecular formula is C30H34N2O4. The van der Waals surface area contributed by atoms with Crippen LogP contribution in [-0.4, -0.2) is 50.6 Å². The van der Waals surface area contributed by atoms with E-state index in [2.05, 4.69) is 5.32 Å². The van der Waals surface area contributed by atoms with E-state index < -0.39 is 5.41 Å². The molecular weight excluding hydrogens is 452 g/mol. The highest BCUT2D eigenvalue weighted by atomic mass is 16.5. The zero-order valence-corrected chi connectivity index (χ0v) is 21.0. The quantitative estimate of drug-likeness (QED) is 0.493. The largest absolute Gasteiger partial charge is 0.497 e. The molecule has 1 N–H and O–H groups in total. The second-order valence-electron chi connectivity index (χ2n) is 9.21. The van der Waals surface area contributed by atoms with E-state index in [0.717, 1.165) is 34.6 Å². The van der Waals surface area contributed by atoms with Crippen LogP contribution < -0.4 is 14.8 Å². The van der Waals surface area contributed by atoms with Crippen molar-refractivity contribution in [2.24, 2.45) is 0 Å². The molecule has 1 aliphatic rings. The van der Waals surface area contributed by atoms with Crippen LogP contribution in [0.5, 0.6) is 11.5 Å².